The third-order valence-electron chi connectivity index (χ3n) is 3.21. The lowest BCUT2D eigenvalue weighted by Gasteiger charge is -2.04. The number of phenols is 1. The Bertz CT molecular complexity index is 951. The number of aromatic amines is 2. The van der Waals surface area contributed by atoms with E-state index in [4.69, 9.17) is 4.74 Å². The molecule has 8 nitrogen and oxygen atoms in total. The van der Waals surface area contributed by atoms with Gasteiger partial charge in [0.05, 0.1) is 7.11 Å². The molecule has 0 atom stereocenters. The molecule has 0 fully saturated rings. The molecule has 8 heteroatoms. The van der Waals surface area contributed by atoms with E-state index in [1.807, 2.05) is 0 Å². The van der Waals surface area contributed by atoms with Crippen LogP contribution in [0.3, 0.4) is 0 Å². The number of aryl methyl sites for hydroxylation is 1. The van der Waals surface area contributed by atoms with E-state index in [9.17, 15) is 14.7 Å². The average Bonchev–Trinajstić information content (AvgIpc) is 2.91. The van der Waals surface area contributed by atoms with E-state index in [-0.39, 0.29) is 22.7 Å². The molecule has 3 rings (SSSR count). The van der Waals surface area contributed by atoms with Gasteiger partial charge >= 0.3 is 5.69 Å². The van der Waals surface area contributed by atoms with Gasteiger partial charge in [0.15, 0.2) is 17.1 Å². The first-order valence-corrected chi connectivity index (χ1v) is 6.07. The number of aromatic hydroxyl groups is 1. The van der Waals surface area contributed by atoms with Crippen LogP contribution in [0.4, 0.5) is 0 Å². The van der Waals surface area contributed by atoms with Gasteiger partial charge in [-0.15, -0.1) is 0 Å². The second kappa shape index (κ2) is 4.51. The quantitative estimate of drug-likeness (QED) is 0.629. The molecule has 1 aromatic carbocycles. The first kappa shape index (κ1) is 13.0. The minimum Gasteiger partial charge on any atom is -0.504 e. The maximum Gasteiger partial charge on any atom is 0.329 e. The van der Waals surface area contributed by atoms with Crippen molar-refractivity contribution in [2.75, 3.05) is 7.11 Å². The van der Waals surface area contributed by atoms with Crippen LogP contribution < -0.4 is 16.0 Å². The topological polar surface area (TPSA) is 113 Å². The van der Waals surface area contributed by atoms with Gasteiger partial charge in [-0.1, -0.05) is 0 Å². The summed E-state index contributed by atoms with van der Waals surface area (Å²) in [4.78, 5) is 32.6. The highest BCUT2D eigenvalue weighted by molar-refractivity contribution is 5.75. The number of methoxy groups -OCH3 is 1. The third-order valence-corrected chi connectivity index (χ3v) is 3.21. The number of nitrogens with one attached hydrogen (secondary N) is 2. The highest BCUT2D eigenvalue weighted by Crippen LogP contribution is 2.30. The number of aromatic nitrogens is 4. The second-order valence-electron chi connectivity index (χ2n) is 4.49. The van der Waals surface area contributed by atoms with Crippen LogP contribution in [0.25, 0.3) is 22.6 Å². The number of hydrogen-bond acceptors (Lipinski definition) is 5. The Morgan fingerprint density at radius 3 is 2.76 bits per heavy atom. The molecule has 0 bridgehead atoms. The van der Waals surface area contributed by atoms with Crippen molar-refractivity contribution in [1.29, 1.82) is 0 Å². The van der Waals surface area contributed by atoms with Crippen LogP contribution in [0.5, 0.6) is 11.5 Å². The monoisotopic (exact) mass is 288 g/mol. The fourth-order valence-corrected chi connectivity index (χ4v) is 2.07. The lowest BCUT2D eigenvalue weighted by atomic mass is 10.2. The summed E-state index contributed by atoms with van der Waals surface area (Å²) in [7, 11) is 2.95. The molecular formula is C13H12N4O4. The summed E-state index contributed by atoms with van der Waals surface area (Å²) >= 11 is 0. The normalized spacial score (nSPS) is 11.0. The van der Waals surface area contributed by atoms with Crippen LogP contribution in [-0.2, 0) is 7.05 Å². The van der Waals surface area contributed by atoms with E-state index in [2.05, 4.69) is 15.0 Å². The van der Waals surface area contributed by atoms with Gasteiger partial charge in [0.2, 0.25) is 0 Å². The van der Waals surface area contributed by atoms with Gasteiger partial charge in [0.25, 0.3) is 5.56 Å². The molecule has 0 unspecified atom stereocenters. The lowest BCUT2D eigenvalue weighted by molar-refractivity contribution is 0.373. The molecule has 0 amide bonds. The predicted molar refractivity (Wildman–Crippen MR) is 75.6 cm³/mol. The van der Waals surface area contributed by atoms with Crippen molar-refractivity contribution < 1.29 is 9.84 Å². The zero-order valence-electron chi connectivity index (χ0n) is 11.3. The number of phenolic OH excluding ortho intramolecular Hbond substituents is 1. The van der Waals surface area contributed by atoms with Gasteiger partial charge in [-0.3, -0.25) is 14.3 Å². The zero-order chi connectivity index (χ0) is 15.1. The van der Waals surface area contributed by atoms with Crippen LogP contribution in [0.15, 0.2) is 27.8 Å². The maximum absolute atomic E-state index is 11.8. The van der Waals surface area contributed by atoms with Crippen molar-refractivity contribution >= 4 is 11.2 Å². The van der Waals surface area contributed by atoms with Crippen LogP contribution in [0.1, 0.15) is 0 Å². The second-order valence-corrected chi connectivity index (χ2v) is 4.49. The predicted octanol–water partition coefficient (Wildman–Crippen LogP) is 0.331. The highest BCUT2D eigenvalue weighted by Gasteiger charge is 2.13. The minimum absolute atomic E-state index is 0.00242. The molecule has 0 saturated carbocycles. The van der Waals surface area contributed by atoms with Gasteiger partial charge in [-0.05, 0) is 18.2 Å². The molecule has 21 heavy (non-hydrogen) atoms. The number of rotatable bonds is 2. The molecule has 3 N–H and O–H groups in total. The number of H-pyrrole nitrogens is 2. The van der Waals surface area contributed by atoms with Crippen molar-refractivity contribution in [2.24, 2.45) is 7.05 Å². The molecule has 108 valence electrons. The molecule has 0 spiro atoms. The van der Waals surface area contributed by atoms with Gasteiger partial charge in [-0.2, -0.15) is 0 Å². The number of hydrogen-bond donors (Lipinski definition) is 3. The summed E-state index contributed by atoms with van der Waals surface area (Å²) in [6, 6.07) is 4.67. The Balaban J connectivity index is 2.27. The van der Waals surface area contributed by atoms with Crippen molar-refractivity contribution in [3.63, 3.8) is 0 Å². The SMILES string of the molecule is COc1cc(-c2nc3c([nH]2)c(=O)[nH]c(=O)n3C)ccc1O. The Morgan fingerprint density at radius 2 is 2.05 bits per heavy atom. The molecule has 0 aliphatic carbocycles. The number of nitrogens with zero attached hydrogens (tertiary/aromatic N) is 2. The van der Waals surface area contributed by atoms with Crippen molar-refractivity contribution in [3.8, 4) is 22.9 Å². The molecule has 3 aromatic rings. The third kappa shape index (κ3) is 1.97. The van der Waals surface area contributed by atoms with Gasteiger partial charge in [0, 0.05) is 12.6 Å². The van der Waals surface area contributed by atoms with E-state index in [0.29, 0.717) is 11.4 Å². The fourth-order valence-electron chi connectivity index (χ4n) is 2.07. The van der Waals surface area contributed by atoms with E-state index < -0.39 is 11.2 Å². The molecule has 0 radical (unpaired) electrons. The molecule has 0 aliphatic heterocycles. The number of ether oxygens (including phenoxy) is 1. The Labute approximate surface area is 117 Å². The number of imidazole rings is 1. The summed E-state index contributed by atoms with van der Waals surface area (Å²) in [5.74, 6) is 0.688. The van der Waals surface area contributed by atoms with Gasteiger partial charge in [0.1, 0.15) is 11.3 Å². The first-order chi connectivity index (χ1) is 10.0. The minimum atomic E-state index is -0.533. The van der Waals surface area contributed by atoms with Crippen LogP contribution in [0, 0.1) is 0 Å². The highest BCUT2D eigenvalue weighted by atomic mass is 16.5. The molecule has 0 saturated heterocycles. The summed E-state index contributed by atoms with van der Waals surface area (Å²) in [5, 5.41) is 9.59. The van der Waals surface area contributed by atoms with Crippen LogP contribution in [-0.4, -0.2) is 31.7 Å². The van der Waals surface area contributed by atoms with E-state index in [0.717, 1.165) is 0 Å². The maximum atomic E-state index is 11.8. The van der Waals surface area contributed by atoms with Crippen molar-refractivity contribution in [2.45, 2.75) is 0 Å². The molecule has 2 heterocycles. The molecule has 2 aromatic heterocycles. The molecule has 0 aliphatic rings. The van der Waals surface area contributed by atoms with Gasteiger partial charge < -0.3 is 14.8 Å². The Morgan fingerprint density at radius 1 is 1.29 bits per heavy atom. The fraction of sp³-hybridized carbons (Fsp3) is 0.154. The van der Waals surface area contributed by atoms with E-state index in [1.54, 1.807) is 12.1 Å². The Kier molecular flexibility index (Phi) is 2.79. The largest absolute Gasteiger partial charge is 0.504 e. The van der Waals surface area contributed by atoms with Crippen molar-refractivity contribution in [1.82, 2.24) is 19.5 Å². The number of fused-ring (bicyclic) bond motifs is 1. The van der Waals surface area contributed by atoms with E-state index in [1.165, 1.54) is 24.8 Å². The summed E-state index contributed by atoms with van der Waals surface area (Å²) in [5.41, 5.74) is 0.0177. The first-order valence-electron chi connectivity index (χ1n) is 6.07. The Hall–Kier alpha value is -3.03. The summed E-state index contributed by atoms with van der Waals surface area (Å²) in [6.45, 7) is 0. The van der Waals surface area contributed by atoms with Gasteiger partial charge in [-0.25, -0.2) is 9.78 Å². The molecular weight excluding hydrogens is 276 g/mol. The lowest BCUT2D eigenvalue weighted by Crippen LogP contribution is -2.28. The van der Waals surface area contributed by atoms with E-state index >= 15 is 0 Å². The smallest absolute Gasteiger partial charge is 0.329 e. The summed E-state index contributed by atoms with van der Waals surface area (Å²) in [6.07, 6.45) is 0. The number of benzene rings is 1. The van der Waals surface area contributed by atoms with Crippen molar-refractivity contribution in [3.05, 3.63) is 39.0 Å². The standard InChI is InChI=1S/C13H12N4O4/c1-17-11-9(12(19)16-13(17)20)14-10(15-11)6-3-4-7(18)8(5-6)21-2/h3-5,18H,1-2H3,(H,14,15)(H,16,19,20). The van der Waals surface area contributed by atoms with Crippen LogP contribution in [0.2, 0.25) is 0 Å². The van der Waals surface area contributed by atoms with Crippen LogP contribution >= 0.6 is 0 Å². The average molecular weight is 288 g/mol. The summed E-state index contributed by atoms with van der Waals surface area (Å²) < 4.78 is 6.28. The zero-order valence-corrected chi connectivity index (χ0v) is 11.3.